The van der Waals surface area contributed by atoms with E-state index >= 15 is 0 Å². The third-order valence-corrected chi connectivity index (χ3v) is 3.23. The molecule has 0 N–H and O–H groups in total. The van der Waals surface area contributed by atoms with Gasteiger partial charge in [0.2, 0.25) is 0 Å². The number of benzene rings is 2. The van der Waals surface area contributed by atoms with Crippen molar-refractivity contribution in [3.63, 3.8) is 0 Å². The summed E-state index contributed by atoms with van der Waals surface area (Å²) in [5.74, 6) is 0.256. The third-order valence-electron chi connectivity index (χ3n) is 3.23. The lowest BCUT2D eigenvalue weighted by atomic mass is 10.1. The molecule has 0 aromatic heterocycles. The highest BCUT2D eigenvalue weighted by Gasteiger charge is 2.08. The van der Waals surface area contributed by atoms with Gasteiger partial charge in [-0.15, -0.1) is 0 Å². The molecule has 0 heterocycles. The van der Waals surface area contributed by atoms with Crippen LogP contribution in [-0.2, 0) is 17.8 Å². The Balaban J connectivity index is 1.85. The van der Waals surface area contributed by atoms with E-state index in [1.165, 1.54) is 11.1 Å². The maximum atomic E-state index is 12.0. The van der Waals surface area contributed by atoms with Gasteiger partial charge in [-0.25, -0.2) is 0 Å². The number of hydrogen-bond acceptors (Lipinski definition) is 2. The SMILES string of the molecule is Cc1cccc(CN(C)CC(=O)Cc2ccccc2)c1. The van der Waals surface area contributed by atoms with Gasteiger partial charge in [-0.05, 0) is 25.1 Å². The minimum Gasteiger partial charge on any atom is -0.298 e. The fourth-order valence-electron chi connectivity index (χ4n) is 2.36. The van der Waals surface area contributed by atoms with E-state index in [0.29, 0.717) is 13.0 Å². The summed E-state index contributed by atoms with van der Waals surface area (Å²) in [5.41, 5.74) is 3.59. The maximum absolute atomic E-state index is 12.0. The van der Waals surface area contributed by atoms with Crippen molar-refractivity contribution in [2.24, 2.45) is 0 Å². The average molecular weight is 267 g/mol. The van der Waals surface area contributed by atoms with E-state index in [4.69, 9.17) is 0 Å². The number of carbonyl (C=O) groups excluding carboxylic acids is 1. The smallest absolute Gasteiger partial charge is 0.151 e. The van der Waals surface area contributed by atoms with Crippen LogP contribution in [0, 0.1) is 6.92 Å². The quantitative estimate of drug-likeness (QED) is 0.801. The molecule has 0 saturated carbocycles. The highest BCUT2D eigenvalue weighted by molar-refractivity contribution is 5.82. The topological polar surface area (TPSA) is 20.3 Å². The Morgan fingerprint density at radius 2 is 1.70 bits per heavy atom. The Morgan fingerprint density at radius 1 is 1.00 bits per heavy atom. The van der Waals surface area contributed by atoms with Crippen LogP contribution in [-0.4, -0.2) is 24.3 Å². The van der Waals surface area contributed by atoms with E-state index in [9.17, 15) is 4.79 Å². The molecule has 0 amide bonds. The summed E-state index contributed by atoms with van der Waals surface area (Å²) < 4.78 is 0. The van der Waals surface area contributed by atoms with Gasteiger partial charge in [-0.1, -0.05) is 60.2 Å². The zero-order valence-electron chi connectivity index (χ0n) is 12.2. The fourth-order valence-corrected chi connectivity index (χ4v) is 2.36. The van der Waals surface area contributed by atoms with Gasteiger partial charge in [-0.3, -0.25) is 9.69 Å². The van der Waals surface area contributed by atoms with Crippen LogP contribution in [0.5, 0.6) is 0 Å². The molecule has 0 fully saturated rings. The number of carbonyl (C=O) groups is 1. The number of likely N-dealkylation sites (N-methyl/N-ethyl adjacent to an activating group) is 1. The van der Waals surface area contributed by atoms with E-state index in [0.717, 1.165) is 12.1 Å². The Hall–Kier alpha value is -1.93. The summed E-state index contributed by atoms with van der Waals surface area (Å²) in [6, 6.07) is 18.3. The Morgan fingerprint density at radius 3 is 2.40 bits per heavy atom. The van der Waals surface area contributed by atoms with Crippen LogP contribution in [0.1, 0.15) is 16.7 Å². The number of aryl methyl sites for hydroxylation is 1. The standard InChI is InChI=1S/C18H21NO/c1-15-7-6-10-17(11-15)13-19(2)14-18(20)12-16-8-4-3-5-9-16/h3-11H,12-14H2,1-2H3. The number of nitrogens with zero attached hydrogens (tertiary/aromatic N) is 1. The molecule has 0 atom stereocenters. The van der Waals surface area contributed by atoms with Gasteiger partial charge < -0.3 is 0 Å². The van der Waals surface area contributed by atoms with E-state index in [1.807, 2.05) is 37.4 Å². The molecule has 0 aliphatic carbocycles. The summed E-state index contributed by atoms with van der Waals surface area (Å²) in [6.07, 6.45) is 0.513. The van der Waals surface area contributed by atoms with Crippen LogP contribution >= 0.6 is 0 Å². The van der Waals surface area contributed by atoms with E-state index in [-0.39, 0.29) is 5.78 Å². The first-order chi connectivity index (χ1) is 9.63. The lowest BCUT2D eigenvalue weighted by molar-refractivity contribution is -0.119. The molecule has 2 rings (SSSR count). The van der Waals surface area contributed by atoms with Crippen LogP contribution in [0.25, 0.3) is 0 Å². The Labute approximate surface area is 121 Å². The first-order valence-corrected chi connectivity index (χ1v) is 6.93. The van der Waals surface area contributed by atoms with Gasteiger partial charge in [0.15, 0.2) is 5.78 Å². The summed E-state index contributed by atoms with van der Waals surface area (Å²) >= 11 is 0. The van der Waals surface area contributed by atoms with Crippen LogP contribution in [0.3, 0.4) is 0 Å². The summed E-state index contributed by atoms with van der Waals surface area (Å²) in [5, 5.41) is 0. The monoisotopic (exact) mass is 267 g/mol. The third kappa shape index (κ3) is 4.63. The first-order valence-electron chi connectivity index (χ1n) is 6.93. The average Bonchev–Trinajstić information content (AvgIpc) is 2.39. The van der Waals surface area contributed by atoms with Crippen molar-refractivity contribution >= 4 is 5.78 Å². The van der Waals surface area contributed by atoms with Crippen molar-refractivity contribution in [3.8, 4) is 0 Å². The number of Topliss-reactive ketones (excluding diaryl/α,β-unsaturated/α-hetero) is 1. The second-order valence-electron chi connectivity index (χ2n) is 5.36. The van der Waals surface area contributed by atoms with E-state index in [1.54, 1.807) is 0 Å². The molecule has 0 saturated heterocycles. The zero-order valence-corrected chi connectivity index (χ0v) is 12.2. The minimum atomic E-state index is 0.256. The second kappa shape index (κ2) is 7.01. The van der Waals surface area contributed by atoms with Crippen LogP contribution < -0.4 is 0 Å². The lowest BCUT2D eigenvalue weighted by Crippen LogP contribution is -2.26. The summed E-state index contributed by atoms with van der Waals surface area (Å²) in [4.78, 5) is 14.1. The van der Waals surface area contributed by atoms with Crippen molar-refractivity contribution in [2.45, 2.75) is 19.9 Å². The molecule has 0 bridgehead atoms. The predicted octanol–water partition coefficient (Wildman–Crippen LogP) is 3.24. The van der Waals surface area contributed by atoms with Crippen LogP contribution in [0.4, 0.5) is 0 Å². The maximum Gasteiger partial charge on any atom is 0.151 e. The molecule has 0 radical (unpaired) electrons. The summed E-state index contributed by atoms with van der Waals surface area (Å²) in [7, 11) is 1.99. The molecule has 0 aliphatic heterocycles. The highest BCUT2D eigenvalue weighted by Crippen LogP contribution is 2.07. The van der Waals surface area contributed by atoms with Crippen LogP contribution in [0.2, 0.25) is 0 Å². The summed E-state index contributed by atoms with van der Waals surface area (Å²) in [6.45, 7) is 3.38. The molecule has 2 aromatic rings. The normalized spacial score (nSPS) is 10.8. The van der Waals surface area contributed by atoms with Crippen molar-refractivity contribution < 1.29 is 4.79 Å². The molecular formula is C18H21NO. The number of ketones is 1. The van der Waals surface area contributed by atoms with Gasteiger partial charge >= 0.3 is 0 Å². The van der Waals surface area contributed by atoms with Crippen molar-refractivity contribution in [1.82, 2.24) is 4.90 Å². The second-order valence-corrected chi connectivity index (χ2v) is 5.36. The largest absolute Gasteiger partial charge is 0.298 e. The molecule has 0 aliphatic rings. The van der Waals surface area contributed by atoms with Gasteiger partial charge in [0.05, 0.1) is 6.54 Å². The highest BCUT2D eigenvalue weighted by atomic mass is 16.1. The molecule has 20 heavy (non-hydrogen) atoms. The van der Waals surface area contributed by atoms with Gasteiger partial charge in [-0.2, -0.15) is 0 Å². The predicted molar refractivity (Wildman–Crippen MR) is 82.7 cm³/mol. The molecule has 2 heteroatoms. The minimum absolute atomic E-state index is 0.256. The van der Waals surface area contributed by atoms with Crippen molar-refractivity contribution in [2.75, 3.05) is 13.6 Å². The van der Waals surface area contributed by atoms with E-state index in [2.05, 4.69) is 36.1 Å². The molecule has 0 unspecified atom stereocenters. The zero-order chi connectivity index (χ0) is 14.4. The first kappa shape index (κ1) is 14.5. The van der Waals surface area contributed by atoms with E-state index < -0.39 is 0 Å². The Bertz CT molecular complexity index is 563. The van der Waals surface area contributed by atoms with Gasteiger partial charge in [0.1, 0.15) is 0 Å². The van der Waals surface area contributed by atoms with Crippen molar-refractivity contribution in [3.05, 3.63) is 71.3 Å². The number of rotatable bonds is 6. The molecular weight excluding hydrogens is 246 g/mol. The lowest BCUT2D eigenvalue weighted by Gasteiger charge is -2.16. The fraction of sp³-hybridized carbons (Fsp3) is 0.278. The molecule has 0 spiro atoms. The molecule has 2 nitrogen and oxygen atoms in total. The van der Waals surface area contributed by atoms with Crippen LogP contribution in [0.15, 0.2) is 54.6 Å². The van der Waals surface area contributed by atoms with Gasteiger partial charge in [0.25, 0.3) is 0 Å². The molecule has 2 aromatic carbocycles. The van der Waals surface area contributed by atoms with Gasteiger partial charge in [0, 0.05) is 13.0 Å². The molecule has 104 valence electrons. The Kier molecular flexibility index (Phi) is 5.08. The number of hydrogen-bond donors (Lipinski definition) is 0. The van der Waals surface area contributed by atoms with Crippen molar-refractivity contribution in [1.29, 1.82) is 0 Å².